The van der Waals surface area contributed by atoms with E-state index in [-0.39, 0.29) is 5.91 Å². The molecular weight excluding hydrogens is 332 g/mol. The lowest BCUT2D eigenvalue weighted by atomic mass is 10.1. The summed E-state index contributed by atoms with van der Waals surface area (Å²) in [6, 6.07) is 6.17. The predicted octanol–water partition coefficient (Wildman–Crippen LogP) is 3.92. The van der Waals surface area contributed by atoms with E-state index in [9.17, 15) is 4.79 Å². The van der Waals surface area contributed by atoms with Gasteiger partial charge in [-0.05, 0) is 65.6 Å². The highest BCUT2D eigenvalue weighted by Crippen LogP contribution is 2.25. The molecule has 2 aromatic rings. The lowest BCUT2D eigenvalue weighted by Gasteiger charge is -2.22. The molecule has 0 fully saturated rings. The Morgan fingerprint density at radius 1 is 1.20 bits per heavy atom. The molecule has 0 unspecified atom stereocenters. The molecule has 1 aromatic carbocycles. The van der Waals surface area contributed by atoms with Gasteiger partial charge in [-0.25, -0.2) is 4.98 Å². The first kappa shape index (κ1) is 19.4. The number of aromatic nitrogens is 1. The van der Waals surface area contributed by atoms with Crippen LogP contribution < -0.4 is 10.2 Å². The Labute approximate surface area is 154 Å². The Hall–Kier alpha value is -1.92. The smallest absolute Gasteiger partial charge is 0.267 e. The molecule has 1 N–H and O–H groups in total. The molecule has 0 saturated heterocycles. The molecule has 1 amide bonds. The molecular formula is C19H28N4OS. The van der Waals surface area contributed by atoms with Gasteiger partial charge in [0.2, 0.25) is 0 Å². The molecule has 1 heterocycles. The Bertz CT molecular complexity index is 735. The molecule has 0 atom stereocenters. The quantitative estimate of drug-likeness (QED) is 0.813. The van der Waals surface area contributed by atoms with Gasteiger partial charge >= 0.3 is 0 Å². The van der Waals surface area contributed by atoms with Crippen LogP contribution in [0.1, 0.15) is 39.8 Å². The lowest BCUT2D eigenvalue weighted by molar-refractivity contribution is 0.102. The highest BCUT2D eigenvalue weighted by atomic mass is 32.1. The van der Waals surface area contributed by atoms with Crippen molar-refractivity contribution >= 4 is 28.6 Å². The second-order valence-corrected chi connectivity index (χ2v) is 7.47. The molecule has 136 valence electrons. The largest absolute Gasteiger partial charge is 0.372 e. The molecule has 0 aliphatic carbocycles. The third-order valence-corrected chi connectivity index (χ3v) is 5.23. The number of anilines is 2. The highest BCUT2D eigenvalue weighted by Gasteiger charge is 2.17. The van der Waals surface area contributed by atoms with Crippen LogP contribution in [0.15, 0.2) is 18.2 Å². The minimum Gasteiger partial charge on any atom is -0.372 e. The Morgan fingerprint density at radius 2 is 1.88 bits per heavy atom. The van der Waals surface area contributed by atoms with Crippen molar-refractivity contribution in [2.75, 3.05) is 37.4 Å². The molecule has 0 bridgehead atoms. The van der Waals surface area contributed by atoms with Crippen LogP contribution in [0.3, 0.4) is 0 Å². The van der Waals surface area contributed by atoms with E-state index in [2.05, 4.69) is 46.1 Å². The molecule has 5 nitrogen and oxygen atoms in total. The van der Waals surface area contributed by atoms with Crippen molar-refractivity contribution in [2.24, 2.45) is 0 Å². The number of carbonyl (C=O) groups excluding carboxylic acids is 1. The van der Waals surface area contributed by atoms with E-state index in [4.69, 9.17) is 0 Å². The van der Waals surface area contributed by atoms with E-state index in [0.29, 0.717) is 4.88 Å². The summed E-state index contributed by atoms with van der Waals surface area (Å²) in [5.74, 6) is -0.0845. The summed E-state index contributed by atoms with van der Waals surface area (Å²) in [5, 5.41) is 4.00. The van der Waals surface area contributed by atoms with Crippen LogP contribution in [0, 0.1) is 13.8 Å². The molecule has 2 rings (SSSR count). The van der Waals surface area contributed by atoms with Crippen molar-refractivity contribution in [2.45, 2.75) is 34.2 Å². The number of nitrogens with one attached hydrogen (secondary N) is 1. The van der Waals surface area contributed by atoms with Gasteiger partial charge < -0.3 is 15.1 Å². The summed E-state index contributed by atoms with van der Waals surface area (Å²) in [6.45, 7) is 10.9. The van der Waals surface area contributed by atoms with Gasteiger partial charge in [0.05, 0.1) is 5.69 Å². The molecule has 0 aliphatic rings. The van der Waals surface area contributed by atoms with Gasteiger partial charge in [-0.15, -0.1) is 11.3 Å². The van der Waals surface area contributed by atoms with Gasteiger partial charge in [-0.3, -0.25) is 4.79 Å². The minimum absolute atomic E-state index is 0.0845. The van der Waals surface area contributed by atoms with Gasteiger partial charge in [0.1, 0.15) is 9.88 Å². The summed E-state index contributed by atoms with van der Waals surface area (Å²) in [6.07, 6.45) is 0. The third-order valence-electron chi connectivity index (χ3n) is 4.09. The maximum Gasteiger partial charge on any atom is 0.267 e. The number of benzene rings is 1. The van der Waals surface area contributed by atoms with Crippen LogP contribution in [0.2, 0.25) is 0 Å². The third kappa shape index (κ3) is 4.80. The minimum atomic E-state index is -0.0845. The average Bonchev–Trinajstić information content (AvgIpc) is 2.90. The fraction of sp³-hybridized carbons (Fsp3) is 0.474. The van der Waals surface area contributed by atoms with Crippen LogP contribution in [-0.4, -0.2) is 43.0 Å². The molecule has 0 spiro atoms. The Kier molecular flexibility index (Phi) is 6.56. The summed E-state index contributed by atoms with van der Waals surface area (Å²) in [7, 11) is 3.99. The zero-order chi connectivity index (χ0) is 18.6. The maximum atomic E-state index is 12.7. The van der Waals surface area contributed by atoms with Crippen molar-refractivity contribution in [1.82, 2.24) is 9.88 Å². The van der Waals surface area contributed by atoms with E-state index < -0.39 is 0 Å². The van der Waals surface area contributed by atoms with Crippen LogP contribution in [-0.2, 0) is 6.54 Å². The topological polar surface area (TPSA) is 48.5 Å². The van der Waals surface area contributed by atoms with Crippen LogP contribution in [0.25, 0.3) is 0 Å². The number of hydrogen-bond donors (Lipinski definition) is 1. The maximum absolute atomic E-state index is 12.7. The monoisotopic (exact) mass is 360 g/mol. The molecule has 25 heavy (non-hydrogen) atoms. The van der Waals surface area contributed by atoms with E-state index in [0.717, 1.165) is 41.6 Å². The first-order valence-electron chi connectivity index (χ1n) is 8.63. The number of rotatable bonds is 7. The first-order chi connectivity index (χ1) is 11.8. The molecule has 6 heteroatoms. The van der Waals surface area contributed by atoms with Crippen molar-refractivity contribution in [1.29, 1.82) is 0 Å². The van der Waals surface area contributed by atoms with E-state index in [1.807, 2.05) is 34.0 Å². The van der Waals surface area contributed by atoms with Crippen molar-refractivity contribution in [3.8, 4) is 0 Å². The fourth-order valence-electron chi connectivity index (χ4n) is 2.75. The van der Waals surface area contributed by atoms with Crippen molar-refractivity contribution in [3.63, 3.8) is 0 Å². The van der Waals surface area contributed by atoms with E-state index in [1.165, 1.54) is 17.0 Å². The summed E-state index contributed by atoms with van der Waals surface area (Å²) in [5.41, 5.74) is 3.89. The van der Waals surface area contributed by atoms with Gasteiger partial charge in [0.25, 0.3) is 5.91 Å². The second-order valence-electron chi connectivity index (χ2n) is 6.39. The van der Waals surface area contributed by atoms with Gasteiger partial charge in [0.15, 0.2) is 0 Å². The number of aryl methyl sites for hydroxylation is 2. The summed E-state index contributed by atoms with van der Waals surface area (Å²) in [4.78, 5) is 22.2. The lowest BCUT2D eigenvalue weighted by Crippen LogP contribution is -2.22. The normalized spacial score (nSPS) is 11.0. The predicted molar refractivity (Wildman–Crippen MR) is 107 cm³/mol. The van der Waals surface area contributed by atoms with E-state index in [1.54, 1.807) is 0 Å². The Morgan fingerprint density at radius 3 is 2.44 bits per heavy atom. The average molecular weight is 361 g/mol. The molecule has 0 radical (unpaired) electrons. The molecule has 1 aromatic heterocycles. The van der Waals surface area contributed by atoms with Crippen molar-refractivity contribution < 1.29 is 4.79 Å². The van der Waals surface area contributed by atoms with E-state index >= 15 is 0 Å². The standard InChI is InChI=1S/C19H28N4OS/c1-7-23(8-2)15-9-10-16(13(3)11-15)21-19(24)18-14(4)20-17(25-18)12-22(5)6/h9-11H,7-8,12H2,1-6H3,(H,21,24). The number of hydrogen-bond acceptors (Lipinski definition) is 5. The number of amides is 1. The van der Waals surface area contributed by atoms with Crippen LogP contribution >= 0.6 is 11.3 Å². The van der Waals surface area contributed by atoms with Crippen LogP contribution in [0.4, 0.5) is 11.4 Å². The molecule has 0 aliphatic heterocycles. The number of nitrogens with zero attached hydrogens (tertiary/aromatic N) is 3. The SMILES string of the molecule is CCN(CC)c1ccc(NC(=O)c2sc(CN(C)C)nc2C)c(C)c1. The fourth-order valence-corrected chi connectivity index (χ4v) is 3.83. The summed E-state index contributed by atoms with van der Waals surface area (Å²) < 4.78 is 0. The van der Waals surface area contributed by atoms with Gasteiger partial charge in [-0.2, -0.15) is 0 Å². The number of thiazole rings is 1. The first-order valence-corrected chi connectivity index (χ1v) is 9.45. The van der Waals surface area contributed by atoms with Gasteiger partial charge in [0, 0.05) is 31.0 Å². The van der Waals surface area contributed by atoms with Gasteiger partial charge in [-0.1, -0.05) is 0 Å². The Balaban J connectivity index is 2.16. The zero-order valence-electron chi connectivity index (χ0n) is 16.0. The van der Waals surface area contributed by atoms with Crippen molar-refractivity contribution in [3.05, 3.63) is 39.3 Å². The van der Waals surface area contributed by atoms with Crippen LogP contribution in [0.5, 0.6) is 0 Å². The highest BCUT2D eigenvalue weighted by molar-refractivity contribution is 7.13. The number of carbonyl (C=O) groups is 1. The summed E-state index contributed by atoms with van der Waals surface area (Å²) >= 11 is 1.46. The second kappa shape index (κ2) is 8.45. The molecule has 0 saturated carbocycles. The zero-order valence-corrected chi connectivity index (χ0v) is 16.8.